The third kappa shape index (κ3) is 10.7. The van der Waals surface area contributed by atoms with Gasteiger partial charge in [-0.1, -0.05) is 50.8 Å². The van der Waals surface area contributed by atoms with Crippen LogP contribution in [0.3, 0.4) is 0 Å². The normalized spacial score (nSPS) is 19.6. The number of rotatable bonds is 14. The molecule has 0 bridgehead atoms. The third-order valence-corrected chi connectivity index (χ3v) is 8.38. The second kappa shape index (κ2) is 16.1. The smallest absolute Gasteiger partial charge is 0.407 e. The topological polar surface area (TPSA) is 138 Å². The van der Waals surface area contributed by atoms with Gasteiger partial charge in [-0.15, -0.1) is 6.58 Å². The number of carbonyl (C=O) groups excluding carboxylic acids is 5. The fourth-order valence-electron chi connectivity index (χ4n) is 5.89. The molecule has 0 saturated carbocycles. The predicted molar refractivity (Wildman–Crippen MR) is 176 cm³/mol. The maximum atomic E-state index is 14.0. The number of ether oxygens (including phenoxy) is 4. The van der Waals surface area contributed by atoms with Crippen molar-refractivity contribution in [1.29, 1.82) is 0 Å². The Morgan fingerprint density at radius 3 is 2.43 bits per heavy atom. The molecular formula is C36H50N2O9. The Balaban J connectivity index is 1.74. The van der Waals surface area contributed by atoms with Gasteiger partial charge in [-0.3, -0.25) is 14.4 Å². The Bertz CT molecular complexity index is 1350. The number of nitrogens with zero attached hydrogens (tertiary/aromatic N) is 1. The monoisotopic (exact) mass is 654 g/mol. The van der Waals surface area contributed by atoms with E-state index < -0.39 is 59.5 Å². The zero-order valence-electron chi connectivity index (χ0n) is 28.6. The van der Waals surface area contributed by atoms with Gasteiger partial charge in [0.05, 0.1) is 38.5 Å². The number of methoxy groups -OCH3 is 1. The van der Waals surface area contributed by atoms with Crippen molar-refractivity contribution in [2.45, 2.75) is 90.9 Å². The average Bonchev–Trinajstić information content (AvgIpc) is 3.64. The molecule has 2 amide bonds. The molecule has 0 aromatic heterocycles. The quantitative estimate of drug-likeness (QED) is 0.170. The van der Waals surface area contributed by atoms with E-state index in [-0.39, 0.29) is 38.0 Å². The molecule has 3 rings (SSSR count). The molecule has 0 spiro atoms. The van der Waals surface area contributed by atoms with E-state index in [0.717, 1.165) is 29.5 Å². The number of alkyl carbamates (subject to hydrolysis) is 1. The Kier molecular flexibility index (Phi) is 12.8. The number of hydrogen-bond donors (Lipinski definition) is 1. The van der Waals surface area contributed by atoms with Gasteiger partial charge in [-0.25, -0.2) is 9.59 Å². The van der Waals surface area contributed by atoms with E-state index in [1.165, 1.54) is 12.0 Å². The highest BCUT2D eigenvalue weighted by Crippen LogP contribution is 2.33. The molecule has 47 heavy (non-hydrogen) atoms. The van der Waals surface area contributed by atoms with Gasteiger partial charge in [0.1, 0.15) is 17.7 Å². The lowest BCUT2D eigenvalue weighted by Crippen LogP contribution is -2.48. The van der Waals surface area contributed by atoms with Crippen molar-refractivity contribution in [2.75, 3.05) is 26.8 Å². The molecule has 1 aromatic rings. The number of nitrogens with one attached hydrogen (secondary N) is 1. The van der Waals surface area contributed by atoms with Gasteiger partial charge < -0.3 is 29.2 Å². The molecule has 1 heterocycles. The van der Waals surface area contributed by atoms with Crippen molar-refractivity contribution < 1.29 is 42.9 Å². The average molecular weight is 655 g/mol. The summed E-state index contributed by atoms with van der Waals surface area (Å²) in [4.78, 5) is 66.9. The molecule has 1 fully saturated rings. The molecule has 1 aliphatic heterocycles. The molecule has 11 heteroatoms. The Labute approximate surface area is 278 Å². The van der Waals surface area contributed by atoms with E-state index in [1.807, 2.05) is 32.0 Å². The first kappa shape index (κ1) is 37.3. The first-order chi connectivity index (χ1) is 22.1. The van der Waals surface area contributed by atoms with Gasteiger partial charge >= 0.3 is 24.0 Å². The number of likely N-dealkylation sites (tertiary alicyclic amines) is 1. The van der Waals surface area contributed by atoms with Gasteiger partial charge in [0.2, 0.25) is 5.91 Å². The Morgan fingerprint density at radius 1 is 1.06 bits per heavy atom. The van der Waals surface area contributed by atoms with E-state index >= 15 is 0 Å². The summed E-state index contributed by atoms with van der Waals surface area (Å²) >= 11 is 0. The van der Waals surface area contributed by atoms with Crippen LogP contribution in [0.25, 0.3) is 6.08 Å². The summed E-state index contributed by atoms with van der Waals surface area (Å²) in [6.07, 6.45) is 4.26. The SMILES string of the molecule is C=CCCC(C)(C)COC(=O)C[C@@H](CNC(=O)OC(C)(C)C)C(=O)N1C[C@H](OC(=O)C2Cc3cccc(C=C)c3C2)C[C@H]1C(=O)OC. The van der Waals surface area contributed by atoms with Crippen LogP contribution in [0.5, 0.6) is 0 Å². The molecule has 1 unspecified atom stereocenters. The van der Waals surface area contributed by atoms with Crippen LogP contribution >= 0.6 is 0 Å². The Hall–Kier alpha value is -4.15. The standard InChI is InChI=1S/C36H50N2O9/c1-9-11-15-36(6,7)22-45-30(39)18-26(20-37-34(43)47-35(3,4)5)31(40)38-21-27(19-29(38)33(42)44-8)46-32(41)25-16-24-14-12-13-23(10-2)28(24)17-25/h9-10,12-14,25-27,29H,1-2,11,15-22H2,3-8H3,(H,37,43)/t25?,26-,27+,29-/m0/s1. The van der Waals surface area contributed by atoms with E-state index in [4.69, 9.17) is 18.9 Å². The summed E-state index contributed by atoms with van der Waals surface area (Å²) in [5.41, 5.74) is 2.02. The number of hydrogen-bond acceptors (Lipinski definition) is 9. The summed E-state index contributed by atoms with van der Waals surface area (Å²) < 4.78 is 21.7. The summed E-state index contributed by atoms with van der Waals surface area (Å²) in [6, 6.07) is 4.82. The summed E-state index contributed by atoms with van der Waals surface area (Å²) in [5.74, 6) is -3.78. The maximum Gasteiger partial charge on any atom is 0.407 e. The lowest BCUT2D eigenvalue weighted by molar-refractivity contribution is -0.155. The van der Waals surface area contributed by atoms with Gasteiger partial charge in [0.15, 0.2) is 0 Å². The molecule has 1 saturated heterocycles. The number of esters is 3. The van der Waals surface area contributed by atoms with E-state index in [2.05, 4.69) is 18.5 Å². The molecule has 11 nitrogen and oxygen atoms in total. The van der Waals surface area contributed by atoms with E-state index in [0.29, 0.717) is 12.8 Å². The molecule has 1 aromatic carbocycles. The van der Waals surface area contributed by atoms with E-state index in [1.54, 1.807) is 32.9 Å². The number of allylic oxidation sites excluding steroid dienone is 1. The van der Waals surface area contributed by atoms with Crippen LogP contribution in [0.1, 0.15) is 77.0 Å². The van der Waals surface area contributed by atoms with Crippen molar-refractivity contribution in [1.82, 2.24) is 10.2 Å². The minimum absolute atomic E-state index is 0.0376. The first-order valence-corrected chi connectivity index (χ1v) is 16.1. The number of benzene rings is 1. The second-order valence-electron chi connectivity index (χ2n) is 14.1. The highest BCUT2D eigenvalue weighted by atomic mass is 16.6. The lowest BCUT2D eigenvalue weighted by Gasteiger charge is -2.28. The van der Waals surface area contributed by atoms with Crippen LogP contribution in [0.15, 0.2) is 37.4 Å². The zero-order valence-corrected chi connectivity index (χ0v) is 28.6. The second-order valence-corrected chi connectivity index (χ2v) is 14.1. The molecule has 2 aliphatic rings. The van der Waals surface area contributed by atoms with Gasteiger partial charge in [-0.05, 0) is 68.6 Å². The van der Waals surface area contributed by atoms with Crippen LogP contribution in [-0.4, -0.2) is 79.4 Å². The highest BCUT2D eigenvalue weighted by Gasteiger charge is 2.45. The maximum absolute atomic E-state index is 14.0. The molecule has 0 radical (unpaired) electrons. The predicted octanol–water partition coefficient (Wildman–Crippen LogP) is 4.80. The van der Waals surface area contributed by atoms with Crippen molar-refractivity contribution >= 4 is 36.0 Å². The van der Waals surface area contributed by atoms with Crippen LogP contribution < -0.4 is 5.32 Å². The Morgan fingerprint density at radius 2 is 1.79 bits per heavy atom. The lowest BCUT2D eigenvalue weighted by atomic mass is 9.89. The highest BCUT2D eigenvalue weighted by molar-refractivity contribution is 5.89. The van der Waals surface area contributed by atoms with Gasteiger partial charge in [0.25, 0.3) is 0 Å². The largest absolute Gasteiger partial charge is 0.467 e. The molecule has 258 valence electrons. The third-order valence-electron chi connectivity index (χ3n) is 8.38. The number of fused-ring (bicyclic) bond motifs is 1. The molecule has 1 aliphatic carbocycles. The molecule has 1 N–H and O–H groups in total. The first-order valence-electron chi connectivity index (χ1n) is 16.1. The van der Waals surface area contributed by atoms with Crippen LogP contribution in [-0.2, 0) is 51.0 Å². The summed E-state index contributed by atoms with van der Waals surface area (Å²) in [5, 5.41) is 2.57. The number of carbonyl (C=O) groups is 5. The minimum atomic E-state index is -1.09. The fourth-order valence-corrected chi connectivity index (χ4v) is 5.89. The number of amides is 2. The summed E-state index contributed by atoms with van der Waals surface area (Å²) in [6.45, 7) is 16.4. The summed E-state index contributed by atoms with van der Waals surface area (Å²) in [7, 11) is 1.21. The minimum Gasteiger partial charge on any atom is -0.467 e. The fraction of sp³-hybridized carbons (Fsp3) is 0.583. The van der Waals surface area contributed by atoms with Crippen molar-refractivity contribution in [2.24, 2.45) is 17.3 Å². The zero-order chi connectivity index (χ0) is 34.9. The molecular weight excluding hydrogens is 604 g/mol. The van der Waals surface area contributed by atoms with Crippen molar-refractivity contribution in [3.8, 4) is 0 Å². The van der Waals surface area contributed by atoms with Crippen molar-refractivity contribution in [3.05, 3.63) is 54.1 Å². The van der Waals surface area contributed by atoms with Crippen LogP contribution in [0.4, 0.5) is 4.79 Å². The van der Waals surface area contributed by atoms with Gasteiger partial charge in [0, 0.05) is 13.0 Å². The van der Waals surface area contributed by atoms with Crippen LogP contribution in [0.2, 0.25) is 0 Å². The van der Waals surface area contributed by atoms with Crippen LogP contribution in [0, 0.1) is 17.3 Å². The van der Waals surface area contributed by atoms with Crippen molar-refractivity contribution in [3.63, 3.8) is 0 Å². The van der Waals surface area contributed by atoms with Gasteiger partial charge in [-0.2, -0.15) is 0 Å². The van der Waals surface area contributed by atoms with E-state index in [9.17, 15) is 24.0 Å². The molecule has 4 atom stereocenters.